The highest BCUT2D eigenvalue weighted by molar-refractivity contribution is 6.08. The van der Waals surface area contributed by atoms with E-state index in [1.807, 2.05) is 60.7 Å². The van der Waals surface area contributed by atoms with E-state index in [9.17, 15) is 19.2 Å². The summed E-state index contributed by atoms with van der Waals surface area (Å²) in [6.07, 6.45) is 1.98. The van der Waals surface area contributed by atoms with Gasteiger partial charge in [0.25, 0.3) is 0 Å². The zero-order chi connectivity index (χ0) is 28.5. The molecule has 0 saturated heterocycles. The quantitative estimate of drug-likeness (QED) is 0.145. The lowest BCUT2D eigenvalue weighted by molar-refractivity contribution is -0.145. The number of amides is 1. The molecule has 4 aromatic rings. The van der Waals surface area contributed by atoms with E-state index in [-0.39, 0.29) is 42.9 Å². The van der Waals surface area contributed by atoms with Crippen LogP contribution in [0.4, 0.5) is 17.1 Å². The van der Waals surface area contributed by atoms with Gasteiger partial charge < -0.3 is 25.0 Å². The van der Waals surface area contributed by atoms with E-state index in [0.717, 1.165) is 27.5 Å². The SMILES string of the molecule is CC(=O)CCCC(=O)Nc1cc(COC(=O)CCCC(C)=O)cc(Nc2c3ccccc3nc3ccccc23)c1. The predicted octanol–water partition coefficient (Wildman–Crippen LogP) is 6.63. The first-order chi connectivity index (χ1) is 19.3. The molecule has 2 N–H and O–H groups in total. The fourth-order valence-corrected chi connectivity index (χ4v) is 4.48. The molecule has 8 heteroatoms. The average molecular weight is 540 g/mol. The Morgan fingerprint density at radius 1 is 0.725 bits per heavy atom. The number of anilines is 3. The van der Waals surface area contributed by atoms with Gasteiger partial charge in [0, 0.05) is 47.8 Å². The van der Waals surface area contributed by atoms with Gasteiger partial charge in [-0.3, -0.25) is 9.59 Å². The standard InChI is InChI=1S/C32H33N3O5/c1-21(36)9-7-15-30(38)33-24-17-23(20-40-31(39)16-8-10-22(2)37)18-25(19-24)34-32-26-11-3-5-13-28(26)35-29-14-6-4-12-27(29)32/h3-6,11-14,17-19H,7-10,15-16,20H2,1-2H3,(H,33,38)(H,34,35). The molecule has 0 unspecified atom stereocenters. The Morgan fingerprint density at radius 3 is 1.93 bits per heavy atom. The Balaban J connectivity index is 1.62. The molecule has 8 nitrogen and oxygen atoms in total. The molecule has 3 aromatic carbocycles. The van der Waals surface area contributed by atoms with E-state index in [2.05, 4.69) is 10.6 Å². The lowest BCUT2D eigenvalue weighted by atomic mass is 10.1. The summed E-state index contributed by atoms with van der Waals surface area (Å²) in [5.41, 5.74) is 4.50. The van der Waals surface area contributed by atoms with Crippen molar-refractivity contribution in [3.05, 3.63) is 72.3 Å². The van der Waals surface area contributed by atoms with Crippen molar-refractivity contribution in [1.82, 2.24) is 4.98 Å². The second kappa shape index (κ2) is 13.5. The van der Waals surface area contributed by atoms with E-state index >= 15 is 0 Å². The molecule has 0 aliphatic heterocycles. The van der Waals surface area contributed by atoms with Gasteiger partial charge in [-0.1, -0.05) is 36.4 Å². The van der Waals surface area contributed by atoms with Crippen LogP contribution in [0.3, 0.4) is 0 Å². The maximum Gasteiger partial charge on any atom is 0.306 e. The van der Waals surface area contributed by atoms with Crippen molar-refractivity contribution in [3.8, 4) is 0 Å². The van der Waals surface area contributed by atoms with Gasteiger partial charge in [0.05, 0.1) is 16.7 Å². The number of Topliss-reactive ketones (excluding diaryl/α,β-unsaturated/α-hetero) is 2. The van der Waals surface area contributed by atoms with Gasteiger partial charge in [0.2, 0.25) is 5.91 Å². The average Bonchev–Trinajstić information content (AvgIpc) is 2.91. The predicted molar refractivity (Wildman–Crippen MR) is 156 cm³/mol. The summed E-state index contributed by atoms with van der Waals surface area (Å²) in [6.45, 7) is 3.02. The lowest BCUT2D eigenvalue weighted by Crippen LogP contribution is -2.12. The first kappa shape index (κ1) is 28.4. The summed E-state index contributed by atoms with van der Waals surface area (Å²) >= 11 is 0. The van der Waals surface area contributed by atoms with Gasteiger partial charge >= 0.3 is 5.97 Å². The van der Waals surface area contributed by atoms with Crippen molar-refractivity contribution in [2.45, 2.75) is 59.0 Å². The van der Waals surface area contributed by atoms with Crippen LogP contribution >= 0.6 is 0 Å². The molecule has 1 heterocycles. The maximum atomic E-state index is 12.6. The van der Waals surface area contributed by atoms with Crippen LogP contribution in [0.1, 0.15) is 57.9 Å². The van der Waals surface area contributed by atoms with Crippen LogP contribution in [-0.2, 0) is 30.5 Å². The van der Waals surface area contributed by atoms with Crippen LogP contribution in [0.15, 0.2) is 66.7 Å². The van der Waals surface area contributed by atoms with Gasteiger partial charge in [-0.15, -0.1) is 0 Å². The Bertz CT molecular complexity index is 1510. The van der Waals surface area contributed by atoms with Gasteiger partial charge in [0.1, 0.15) is 18.2 Å². The summed E-state index contributed by atoms with van der Waals surface area (Å²) in [6, 6.07) is 21.2. The van der Waals surface area contributed by atoms with Crippen LogP contribution in [0, 0.1) is 0 Å². The molecular formula is C32H33N3O5. The third-order valence-corrected chi connectivity index (χ3v) is 6.38. The highest BCUT2D eigenvalue weighted by atomic mass is 16.5. The minimum atomic E-state index is -0.388. The number of aromatic nitrogens is 1. The molecule has 0 aliphatic rings. The van der Waals surface area contributed by atoms with E-state index < -0.39 is 0 Å². The van der Waals surface area contributed by atoms with Crippen LogP contribution in [0.25, 0.3) is 21.8 Å². The van der Waals surface area contributed by atoms with Crippen molar-refractivity contribution in [1.29, 1.82) is 0 Å². The number of hydrogen-bond donors (Lipinski definition) is 2. The number of para-hydroxylation sites is 2. The van der Waals surface area contributed by atoms with Crippen LogP contribution < -0.4 is 10.6 Å². The number of nitrogens with zero attached hydrogens (tertiary/aromatic N) is 1. The molecule has 0 fully saturated rings. The van der Waals surface area contributed by atoms with E-state index in [1.165, 1.54) is 13.8 Å². The molecule has 1 aromatic heterocycles. The Hall–Kier alpha value is -4.59. The topological polar surface area (TPSA) is 114 Å². The molecular weight excluding hydrogens is 506 g/mol. The number of pyridine rings is 1. The summed E-state index contributed by atoms with van der Waals surface area (Å²) < 4.78 is 5.47. The van der Waals surface area contributed by atoms with Crippen molar-refractivity contribution < 1.29 is 23.9 Å². The Kier molecular flexibility index (Phi) is 9.57. The third kappa shape index (κ3) is 7.96. The molecule has 1 amide bonds. The molecule has 0 aliphatic carbocycles. The monoisotopic (exact) mass is 539 g/mol. The Morgan fingerprint density at radius 2 is 1.30 bits per heavy atom. The van der Waals surface area contributed by atoms with Gasteiger partial charge in [-0.25, -0.2) is 4.98 Å². The van der Waals surface area contributed by atoms with Crippen molar-refractivity contribution in [2.24, 2.45) is 0 Å². The molecule has 0 bridgehead atoms. The summed E-state index contributed by atoms with van der Waals surface area (Å²) in [5, 5.41) is 8.32. The van der Waals surface area contributed by atoms with Crippen LogP contribution in [-0.4, -0.2) is 28.4 Å². The van der Waals surface area contributed by atoms with Crippen molar-refractivity contribution in [3.63, 3.8) is 0 Å². The fourth-order valence-electron chi connectivity index (χ4n) is 4.48. The second-order valence-electron chi connectivity index (χ2n) is 9.88. The molecule has 40 heavy (non-hydrogen) atoms. The van der Waals surface area contributed by atoms with Gasteiger partial charge in [-0.2, -0.15) is 0 Å². The van der Waals surface area contributed by atoms with E-state index in [0.29, 0.717) is 42.6 Å². The number of hydrogen-bond acceptors (Lipinski definition) is 7. The minimum absolute atomic E-state index is 0.0134. The number of carbonyl (C=O) groups is 4. The minimum Gasteiger partial charge on any atom is -0.461 e. The molecule has 0 atom stereocenters. The lowest BCUT2D eigenvalue weighted by Gasteiger charge is -2.16. The molecule has 0 saturated carbocycles. The highest BCUT2D eigenvalue weighted by Gasteiger charge is 2.13. The highest BCUT2D eigenvalue weighted by Crippen LogP contribution is 2.34. The Labute approximate surface area is 233 Å². The number of carbonyl (C=O) groups excluding carboxylic acids is 4. The second-order valence-corrected chi connectivity index (χ2v) is 9.88. The number of esters is 1. The number of fused-ring (bicyclic) bond motifs is 2. The number of nitrogens with one attached hydrogen (secondary N) is 2. The van der Waals surface area contributed by atoms with Crippen molar-refractivity contribution in [2.75, 3.05) is 10.6 Å². The third-order valence-electron chi connectivity index (χ3n) is 6.38. The summed E-state index contributed by atoms with van der Waals surface area (Å²) in [7, 11) is 0. The summed E-state index contributed by atoms with van der Waals surface area (Å²) in [5.74, 6) is -0.513. The molecule has 0 spiro atoms. The molecule has 206 valence electrons. The van der Waals surface area contributed by atoms with Gasteiger partial charge in [-0.05, 0) is 62.6 Å². The fraction of sp³-hybridized carbons (Fsp3) is 0.281. The number of rotatable bonds is 13. The van der Waals surface area contributed by atoms with E-state index in [1.54, 1.807) is 6.07 Å². The zero-order valence-corrected chi connectivity index (χ0v) is 22.8. The summed E-state index contributed by atoms with van der Waals surface area (Å²) in [4.78, 5) is 52.1. The first-order valence-electron chi connectivity index (χ1n) is 13.4. The molecule has 0 radical (unpaired) electrons. The number of ether oxygens (including phenoxy) is 1. The smallest absolute Gasteiger partial charge is 0.306 e. The van der Waals surface area contributed by atoms with Crippen LogP contribution in [0.5, 0.6) is 0 Å². The van der Waals surface area contributed by atoms with Crippen molar-refractivity contribution >= 4 is 62.3 Å². The van der Waals surface area contributed by atoms with E-state index in [4.69, 9.17) is 9.72 Å². The first-order valence-corrected chi connectivity index (χ1v) is 13.4. The zero-order valence-electron chi connectivity index (χ0n) is 22.8. The normalized spacial score (nSPS) is 10.8. The maximum absolute atomic E-state index is 12.6. The molecule has 4 rings (SSSR count). The number of benzene rings is 3. The van der Waals surface area contributed by atoms with Crippen LogP contribution in [0.2, 0.25) is 0 Å². The van der Waals surface area contributed by atoms with Gasteiger partial charge in [0.15, 0.2) is 0 Å². The number of ketones is 2. The largest absolute Gasteiger partial charge is 0.461 e.